The molecule has 1 amide bonds. The van der Waals surface area contributed by atoms with E-state index in [-0.39, 0.29) is 11.9 Å². The van der Waals surface area contributed by atoms with E-state index in [1.807, 2.05) is 17.4 Å². The first-order valence-corrected chi connectivity index (χ1v) is 8.23. The lowest BCUT2D eigenvalue weighted by Gasteiger charge is -2.40. The number of hydrogen-bond acceptors (Lipinski definition) is 3. The Kier molecular flexibility index (Phi) is 4.79. The van der Waals surface area contributed by atoms with Crippen LogP contribution >= 0.6 is 0 Å². The molecule has 2 atom stereocenters. The molecule has 2 aliphatic heterocycles. The van der Waals surface area contributed by atoms with Crippen LogP contribution in [0.1, 0.15) is 38.1 Å². The Balaban J connectivity index is 1.67. The highest BCUT2D eigenvalue weighted by atomic mass is 16.2. The summed E-state index contributed by atoms with van der Waals surface area (Å²) >= 11 is 0. The number of rotatable bonds is 3. The molecule has 118 valence electrons. The number of aromatic nitrogens is 2. The second-order valence-corrected chi connectivity index (χ2v) is 6.28. The highest BCUT2D eigenvalue weighted by Gasteiger charge is 2.33. The molecule has 0 bridgehead atoms. The predicted octanol–water partition coefficient (Wildman–Crippen LogP) is 1.53. The number of carbonyl (C=O) groups is 1. The maximum atomic E-state index is 12.9. The molecule has 3 heterocycles. The third-order valence-corrected chi connectivity index (χ3v) is 4.85. The molecule has 5 nitrogen and oxygen atoms in total. The van der Waals surface area contributed by atoms with E-state index in [1.165, 1.54) is 0 Å². The zero-order chi connectivity index (χ0) is 15.4. The summed E-state index contributed by atoms with van der Waals surface area (Å²) in [6.45, 7) is 3.18. The van der Waals surface area contributed by atoms with Gasteiger partial charge >= 0.3 is 0 Å². The first kappa shape index (κ1) is 15.1. The Morgan fingerprint density at radius 2 is 2.18 bits per heavy atom. The lowest BCUT2D eigenvalue weighted by atomic mass is 9.98. The fourth-order valence-corrected chi connectivity index (χ4v) is 3.67. The van der Waals surface area contributed by atoms with Crippen molar-refractivity contribution in [3.05, 3.63) is 18.7 Å². The van der Waals surface area contributed by atoms with Crippen LogP contribution in [0.3, 0.4) is 0 Å². The molecule has 0 spiro atoms. The smallest absolute Gasteiger partial charge is 0.240 e. The highest BCUT2D eigenvalue weighted by molar-refractivity contribution is 5.82. The Bertz CT molecular complexity index is 533. The molecule has 0 aliphatic carbocycles. The molecule has 5 heteroatoms. The van der Waals surface area contributed by atoms with E-state index in [4.69, 9.17) is 6.42 Å². The molecular formula is C17H24N4O. The average molecular weight is 300 g/mol. The highest BCUT2D eigenvalue weighted by Crippen LogP contribution is 2.25. The predicted molar refractivity (Wildman–Crippen MR) is 85.1 cm³/mol. The molecule has 0 radical (unpaired) electrons. The van der Waals surface area contributed by atoms with Crippen LogP contribution in [0.4, 0.5) is 0 Å². The fourth-order valence-electron chi connectivity index (χ4n) is 3.67. The van der Waals surface area contributed by atoms with E-state index in [9.17, 15) is 4.79 Å². The van der Waals surface area contributed by atoms with Crippen molar-refractivity contribution in [2.24, 2.45) is 0 Å². The molecule has 2 saturated heterocycles. The topological polar surface area (TPSA) is 41.4 Å². The third-order valence-electron chi connectivity index (χ3n) is 4.85. The summed E-state index contributed by atoms with van der Waals surface area (Å²) in [5.74, 6) is 2.96. The van der Waals surface area contributed by atoms with Gasteiger partial charge in [0.25, 0.3) is 0 Å². The van der Waals surface area contributed by atoms with E-state index in [2.05, 4.69) is 20.4 Å². The average Bonchev–Trinajstić information content (AvgIpc) is 3.10. The lowest BCUT2D eigenvalue weighted by Crippen LogP contribution is -2.53. The summed E-state index contributed by atoms with van der Waals surface area (Å²) in [6.07, 6.45) is 16.5. The maximum absolute atomic E-state index is 12.9. The number of terminal acetylenes is 1. The van der Waals surface area contributed by atoms with E-state index < -0.39 is 0 Å². The number of hydrogen-bond donors (Lipinski definition) is 0. The van der Waals surface area contributed by atoms with Crippen LogP contribution in [0.15, 0.2) is 18.7 Å². The van der Waals surface area contributed by atoms with Crippen LogP contribution < -0.4 is 0 Å². The standard InChI is InChI=1S/C17H24N4O/c1-2-9-19-10-4-3-7-16(19)17(22)20-11-5-6-15(13-20)21-12-8-18-14-21/h1,8,12,14-16H,3-7,9-11,13H2. The van der Waals surface area contributed by atoms with Crippen molar-refractivity contribution in [3.8, 4) is 12.3 Å². The van der Waals surface area contributed by atoms with E-state index in [1.54, 1.807) is 6.20 Å². The van der Waals surface area contributed by atoms with Crippen LogP contribution in [0.5, 0.6) is 0 Å². The molecule has 0 aromatic carbocycles. The van der Waals surface area contributed by atoms with Crippen LogP contribution in [0, 0.1) is 12.3 Å². The van der Waals surface area contributed by atoms with Gasteiger partial charge in [-0.15, -0.1) is 6.42 Å². The summed E-state index contributed by atoms with van der Waals surface area (Å²) in [5, 5.41) is 0. The lowest BCUT2D eigenvalue weighted by molar-refractivity contribution is -0.139. The van der Waals surface area contributed by atoms with Crippen molar-refractivity contribution in [1.82, 2.24) is 19.4 Å². The maximum Gasteiger partial charge on any atom is 0.240 e. The molecule has 22 heavy (non-hydrogen) atoms. The minimum atomic E-state index is -0.0219. The molecule has 2 unspecified atom stereocenters. The Morgan fingerprint density at radius 3 is 2.95 bits per heavy atom. The van der Waals surface area contributed by atoms with Crippen LogP contribution in [-0.2, 0) is 4.79 Å². The Hall–Kier alpha value is -1.80. The van der Waals surface area contributed by atoms with Gasteiger partial charge in [-0.25, -0.2) is 4.98 Å². The van der Waals surface area contributed by atoms with Gasteiger partial charge in [0.2, 0.25) is 5.91 Å². The minimum Gasteiger partial charge on any atom is -0.339 e. The summed E-state index contributed by atoms with van der Waals surface area (Å²) in [4.78, 5) is 21.3. The number of imidazole rings is 1. The Labute approximate surface area is 132 Å². The zero-order valence-electron chi connectivity index (χ0n) is 13.0. The van der Waals surface area contributed by atoms with Gasteiger partial charge < -0.3 is 9.47 Å². The molecule has 3 rings (SSSR count). The first-order chi connectivity index (χ1) is 10.8. The van der Waals surface area contributed by atoms with E-state index >= 15 is 0 Å². The van der Waals surface area contributed by atoms with Gasteiger partial charge in [-0.05, 0) is 32.2 Å². The van der Waals surface area contributed by atoms with Gasteiger partial charge in [0.05, 0.1) is 25.0 Å². The number of likely N-dealkylation sites (tertiary alicyclic amines) is 2. The molecule has 1 aromatic rings. The summed E-state index contributed by atoms with van der Waals surface area (Å²) < 4.78 is 2.12. The molecule has 0 N–H and O–H groups in total. The largest absolute Gasteiger partial charge is 0.339 e. The minimum absolute atomic E-state index is 0.0219. The number of nitrogens with zero attached hydrogens (tertiary/aromatic N) is 4. The third kappa shape index (κ3) is 3.17. The van der Waals surface area contributed by atoms with Crippen molar-refractivity contribution in [1.29, 1.82) is 0 Å². The van der Waals surface area contributed by atoms with Crippen molar-refractivity contribution < 1.29 is 4.79 Å². The summed E-state index contributed by atoms with van der Waals surface area (Å²) in [6, 6.07) is 0.330. The van der Waals surface area contributed by atoms with Gasteiger partial charge in [0, 0.05) is 25.5 Å². The van der Waals surface area contributed by atoms with Crippen molar-refractivity contribution in [3.63, 3.8) is 0 Å². The van der Waals surface area contributed by atoms with E-state index in [0.717, 1.165) is 51.7 Å². The van der Waals surface area contributed by atoms with Crippen molar-refractivity contribution in [2.45, 2.75) is 44.2 Å². The zero-order valence-corrected chi connectivity index (χ0v) is 13.0. The normalized spacial score (nSPS) is 26.6. The van der Waals surface area contributed by atoms with Crippen LogP contribution in [0.25, 0.3) is 0 Å². The first-order valence-electron chi connectivity index (χ1n) is 8.23. The molecule has 0 saturated carbocycles. The molecule has 1 aromatic heterocycles. The van der Waals surface area contributed by atoms with Gasteiger partial charge in [-0.3, -0.25) is 9.69 Å². The monoisotopic (exact) mass is 300 g/mol. The van der Waals surface area contributed by atoms with Crippen molar-refractivity contribution in [2.75, 3.05) is 26.2 Å². The quantitative estimate of drug-likeness (QED) is 0.795. The van der Waals surface area contributed by atoms with Crippen molar-refractivity contribution >= 4 is 5.91 Å². The number of amides is 1. The van der Waals surface area contributed by atoms with E-state index in [0.29, 0.717) is 12.6 Å². The van der Waals surface area contributed by atoms with Gasteiger partial charge in [0.1, 0.15) is 0 Å². The van der Waals surface area contributed by atoms with Gasteiger partial charge in [-0.2, -0.15) is 0 Å². The summed E-state index contributed by atoms with van der Waals surface area (Å²) in [7, 11) is 0. The molecular weight excluding hydrogens is 276 g/mol. The Morgan fingerprint density at radius 1 is 1.27 bits per heavy atom. The van der Waals surface area contributed by atoms with Gasteiger partial charge in [0.15, 0.2) is 0 Å². The SMILES string of the molecule is C#CCN1CCCCC1C(=O)N1CCCC(n2ccnc2)C1. The second-order valence-electron chi connectivity index (χ2n) is 6.28. The van der Waals surface area contributed by atoms with Crippen LogP contribution in [0.2, 0.25) is 0 Å². The second kappa shape index (κ2) is 6.97. The van der Waals surface area contributed by atoms with Crippen LogP contribution in [-0.4, -0.2) is 57.5 Å². The van der Waals surface area contributed by atoms with Gasteiger partial charge in [-0.1, -0.05) is 12.3 Å². The fraction of sp³-hybridized carbons (Fsp3) is 0.647. The molecule has 2 aliphatic rings. The summed E-state index contributed by atoms with van der Waals surface area (Å²) in [5.41, 5.74) is 0. The number of piperidine rings is 2. The molecule has 2 fully saturated rings. The number of carbonyl (C=O) groups excluding carboxylic acids is 1.